The van der Waals surface area contributed by atoms with E-state index >= 15 is 0 Å². The third-order valence-corrected chi connectivity index (χ3v) is 9.36. The minimum absolute atomic E-state index is 0.0359. The molecule has 2 aromatic rings. The molecule has 0 spiro atoms. The fourth-order valence-electron chi connectivity index (χ4n) is 5.17. The lowest BCUT2D eigenvalue weighted by Gasteiger charge is -2.32. The second-order valence-corrected chi connectivity index (χ2v) is 11.6. The number of esters is 1. The number of hydrogen-bond acceptors (Lipinski definition) is 5. The highest BCUT2D eigenvalue weighted by atomic mass is 32.2. The van der Waals surface area contributed by atoms with Crippen LogP contribution in [-0.4, -0.2) is 38.8 Å². The van der Waals surface area contributed by atoms with Crippen LogP contribution in [0.2, 0.25) is 0 Å². The quantitative estimate of drug-likeness (QED) is 0.302. The molecule has 1 N–H and O–H groups in total. The third kappa shape index (κ3) is 7.28. The molecule has 0 unspecified atom stereocenters. The SMILES string of the molecule is C=C(CN[C@@H](C)C1CCCCC1)[C@@H]([C@@H](CC(=O)OCC)c1ccccc1)S(=O)(=O)c1ccccc1. The molecule has 0 bridgehead atoms. The first kappa shape index (κ1) is 27.2. The normalized spacial score (nSPS) is 17.3. The van der Waals surface area contributed by atoms with Gasteiger partial charge in [0.15, 0.2) is 9.84 Å². The van der Waals surface area contributed by atoms with Crippen LogP contribution in [-0.2, 0) is 19.4 Å². The summed E-state index contributed by atoms with van der Waals surface area (Å²) < 4.78 is 33.3. The highest BCUT2D eigenvalue weighted by molar-refractivity contribution is 7.92. The van der Waals surface area contributed by atoms with Crippen molar-refractivity contribution in [3.05, 3.63) is 78.4 Å². The molecule has 1 aliphatic rings. The first-order valence-corrected chi connectivity index (χ1v) is 14.3. The Morgan fingerprint density at radius 2 is 1.63 bits per heavy atom. The van der Waals surface area contributed by atoms with Crippen LogP contribution in [0.3, 0.4) is 0 Å². The summed E-state index contributed by atoms with van der Waals surface area (Å²) in [5, 5.41) is 2.59. The molecule has 0 saturated heterocycles. The number of rotatable bonds is 12. The van der Waals surface area contributed by atoms with Gasteiger partial charge in [-0.2, -0.15) is 0 Å². The topological polar surface area (TPSA) is 72.5 Å². The summed E-state index contributed by atoms with van der Waals surface area (Å²) in [5.74, 6) is -0.434. The molecular formula is C29H39NO4S. The maximum atomic E-state index is 14.0. The molecule has 6 heteroatoms. The predicted octanol–water partition coefficient (Wildman–Crippen LogP) is 5.68. The van der Waals surface area contributed by atoms with Crippen LogP contribution in [0.25, 0.3) is 0 Å². The summed E-state index contributed by atoms with van der Waals surface area (Å²) in [4.78, 5) is 12.9. The van der Waals surface area contributed by atoms with E-state index < -0.39 is 27.0 Å². The molecular weight excluding hydrogens is 458 g/mol. The van der Waals surface area contributed by atoms with Gasteiger partial charge in [-0.3, -0.25) is 4.79 Å². The number of nitrogens with one attached hydrogen (secondary N) is 1. The fraction of sp³-hybridized carbons (Fsp3) is 0.483. The third-order valence-electron chi connectivity index (χ3n) is 7.10. The van der Waals surface area contributed by atoms with Gasteiger partial charge >= 0.3 is 5.97 Å². The molecule has 1 saturated carbocycles. The van der Waals surface area contributed by atoms with E-state index in [2.05, 4.69) is 18.8 Å². The molecule has 1 fully saturated rings. The fourth-order valence-corrected chi connectivity index (χ4v) is 7.21. The van der Waals surface area contributed by atoms with Gasteiger partial charge in [0, 0.05) is 18.5 Å². The van der Waals surface area contributed by atoms with Gasteiger partial charge in [0.25, 0.3) is 0 Å². The van der Waals surface area contributed by atoms with Gasteiger partial charge < -0.3 is 10.1 Å². The first-order valence-electron chi connectivity index (χ1n) is 12.7. The Bertz CT molecular complexity index is 1050. The molecule has 2 aromatic carbocycles. The zero-order valence-corrected chi connectivity index (χ0v) is 21.8. The largest absolute Gasteiger partial charge is 0.466 e. The van der Waals surface area contributed by atoms with Crippen LogP contribution in [0.5, 0.6) is 0 Å². The number of benzene rings is 2. The number of ether oxygens (including phenoxy) is 1. The summed E-state index contributed by atoms with van der Waals surface area (Å²) in [6.45, 7) is 8.82. The van der Waals surface area contributed by atoms with Crippen molar-refractivity contribution < 1.29 is 17.9 Å². The Balaban J connectivity index is 1.95. The van der Waals surface area contributed by atoms with Gasteiger partial charge in [-0.15, -0.1) is 0 Å². The molecule has 1 aliphatic carbocycles. The van der Waals surface area contributed by atoms with E-state index in [4.69, 9.17) is 4.74 Å². The van der Waals surface area contributed by atoms with Crippen LogP contribution in [0, 0.1) is 5.92 Å². The van der Waals surface area contributed by atoms with Crippen molar-refractivity contribution in [2.75, 3.05) is 13.2 Å². The first-order chi connectivity index (χ1) is 16.8. The molecule has 0 aromatic heterocycles. The van der Waals surface area contributed by atoms with Gasteiger partial charge in [0.2, 0.25) is 0 Å². The number of hydrogen-bond donors (Lipinski definition) is 1. The van der Waals surface area contributed by atoms with Gasteiger partial charge in [-0.25, -0.2) is 8.42 Å². The lowest BCUT2D eigenvalue weighted by molar-refractivity contribution is -0.143. The summed E-state index contributed by atoms with van der Waals surface area (Å²) in [6, 6.07) is 18.1. The van der Waals surface area contributed by atoms with Gasteiger partial charge in [0.05, 0.1) is 23.2 Å². The lowest BCUT2D eigenvalue weighted by Crippen LogP contribution is -2.40. The number of carbonyl (C=O) groups excluding carboxylic acids is 1. The van der Waals surface area contributed by atoms with Crippen molar-refractivity contribution in [3.63, 3.8) is 0 Å². The number of carbonyl (C=O) groups is 1. The van der Waals surface area contributed by atoms with E-state index in [1.807, 2.05) is 30.3 Å². The van der Waals surface area contributed by atoms with E-state index in [0.29, 0.717) is 18.0 Å². The van der Waals surface area contributed by atoms with Crippen LogP contribution < -0.4 is 5.32 Å². The van der Waals surface area contributed by atoms with Crippen molar-refractivity contribution in [3.8, 4) is 0 Å². The van der Waals surface area contributed by atoms with Crippen molar-refractivity contribution in [1.82, 2.24) is 5.32 Å². The van der Waals surface area contributed by atoms with Crippen LogP contribution in [0.15, 0.2) is 77.7 Å². The minimum atomic E-state index is -3.83. The van der Waals surface area contributed by atoms with E-state index in [-0.39, 0.29) is 24.0 Å². The Labute approximate surface area is 210 Å². The van der Waals surface area contributed by atoms with Crippen LogP contribution in [0.1, 0.15) is 63.9 Å². The van der Waals surface area contributed by atoms with Gasteiger partial charge in [0.1, 0.15) is 0 Å². The molecule has 3 rings (SSSR count). The standard InChI is InChI=1S/C29H39NO4S/c1-4-34-28(31)20-27(25-16-10-6-11-17-25)29(35(32,33)26-18-12-7-13-19-26)22(2)21-30-23(3)24-14-8-5-9-15-24/h6-7,10-13,16-19,23-24,27,29-30H,2,4-5,8-9,14-15,20-21H2,1,3H3/t23-,27-,29-/m0/s1. The Kier molecular flexibility index (Phi) is 10.1. The minimum Gasteiger partial charge on any atom is -0.466 e. The average molecular weight is 498 g/mol. The van der Waals surface area contributed by atoms with Crippen LogP contribution >= 0.6 is 0 Å². The monoisotopic (exact) mass is 497 g/mol. The van der Waals surface area contributed by atoms with Crippen molar-refractivity contribution >= 4 is 15.8 Å². The van der Waals surface area contributed by atoms with E-state index in [1.165, 1.54) is 32.1 Å². The maximum absolute atomic E-state index is 14.0. The molecule has 0 heterocycles. The second-order valence-electron chi connectivity index (χ2n) is 9.53. The van der Waals surface area contributed by atoms with E-state index in [0.717, 1.165) is 5.56 Å². The zero-order chi connectivity index (χ0) is 25.3. The lowest BCUT2D eigenvalue weighted by atomic mass is 9.84. The number of sulfone groups is 1. The van der Waals surface area contributed by atoms with Crippen LogP contribution in [0.4, 0.5) is 0 Å². The molecule has 0 radical (unpaired) electrons. The average Bonchev–Trinajstić information content (AvgIpc) is 2.88. The summed E-state index contributed by atoms with van der Waals surface area (Å²) in [5.41, 5.74) is 1.35. The second kappa shape index (κ2) is 13.0. The Morgan fingerprint density at radius 1 is 1.03 bits per heavy atom. The van der Waals surface area contributed by atoms with Crippen molar-refractivity contribution in [2.45, 2.75) is 74.5 Å². The molecule has 35 heavy (non-hydrogen) atoms. The molecule has 3 atom stereocenters. The predicted molar refractivity (Wildman–Crippen MR) is 141 cm³/mol. The summed E-state index contributed by atoms with van der Waals surface area (Å²) in [7, 11) is -3.83. The summed E-state index contributed by atoms with van der Waals surface area (Å²) in [6.07, 6.45) is 6.14. The molecule has 0 amide bonds. The molecule has 190 valence electrons. The van der Waals surface area contributed by atoms with E-state index in [9.17, 15) is 13.2 Å². The van der Waals surface area contributed by atoms with Gasteiger partial charge in [-0.1, -0.05) is 74.4 Å². The summed E-state index contributed by atoms with van der Waals surface area (Å²) >= 11 is 0. The van der Waals surface area contributed by atoms with Crippen molar-refractivity contribution in [2.24, 2.45) is 5.92 Å². The van der Waals surface area contributed by atoms with Crippen molar-refractivity contribution in [1.29, 1.82) is 0 Å². The Morgan fingerprint density at radius 3 is 2.23 bits per heavy atom. The smallest absolute Gasteiger partial charge is 0.306 e. The highest BCUT2D eigenvalue weighted by Gasteiger charge is 2.39. The maximum Gasteiger partial charge on any atom is 0.306 e. The molecule has 0 aliphatic heterocycles. The Hall–Kier alpha value is -2.44. The molecule has 5 nitrogen and oxygen atoms in total. The van der Waals surface area contributed by atoms with E-state index in [1.54, 1.807) is 37.3 Å². The zero-order valence-electron chi connectivity index (χ0n) is 21.0. The highest BCUT2D eigenvalue weighted by Crippen LogP contribution is 2.36. The van der Waals surface area contributed by atoms with Gasteiger partial charge in [-0.05, 0) is 55.9 Å².